The Labute approximate surface area is 154 Å². The maximum Gasteiger partial charge on any atom is 0.263 e. The second-order valence-electron chi connectivity index (χ2n) is 6.60. The molecule has 5 nitrogen and oxygen atoms in total. The fraction of sp³-hybridized carbons (Fsp3) is 0.632. The Morgan fingerprint density at radius 1 is 1.28 bits per heavy atom. The monoisotopic (exact) mass is 364 g/mol. The van der Waals surface area contributed by atoms with E-state index in [2.05, 4.69) is 9.80 Å². The van der Waals surface area contributed by atoms with Crippen molar-refractivity contribution in [3.63, 3.8) is 0 Å². The van der Waals surface area contributed by atoms with Crippen LogP contribution in [-0.4, -0.2) is 78.8 Å². The largest absolute Gasteiger partial charge is 0.481 e. The highest BCUT2D eigenvalue weighted by molar-refractivity contribution is 7.99. The lowest BCUT2D eigenvalue weighted by Gasteiger charge is -2.36. The Morgan fingerprint density at radius 2 is 2.04 bits per heavy atom. The third-order valence-corrected chi connectivity index (χ3v) is 5.90. The molecule has 1 aromatic carbocycles. The standard InChI is InChI=1S/C19H28N2O3S/c1-16(24-18-6-3-2-4-7-18)19(22)21-8-5-13-25-15-17(21)14-20-9-11-23-12-10-20/h2-4,6-7,16-17H,5,8-15H2,1H3. The first-order chi connectivity index (χ1) is 12.2. The average molecular weight is 365 g/mol. The Bertz CT molecular complexity index is 537. The molecule has 2 aliphatic heterocycles. The van der Waals surface area contributed by atoms with Gasteiger partial charge in [0, 0.05) is 31.9 Å². The normalized spacial score (nSPS) is 23.7. The van der Waals surface area contributed by atoms with Gasteiger partial charge in [-0.2, -0.15) is 11.8 Å². The van der Waals surface area contributed by atoms with Crippen LogP contribution in [0.1, 0.15) is 13.3 Å². The molecule has 0 aliphatic carbocycles. The summed E-state index contributed by atoms with van der Waals surface area (Å²) in [7, 11) is 0. The van der Waals surface area contributed by atoms with Crippen LogP contribution in [0, 0.1) is 0 Å². The van der Waals surface area contributed by atoms with E-state index in [1.54, 1.807) is 0 Å². The second kappa shape index (κ2) is 9.46. The SMILES string of the molecule is CC(Oc1ccccc1)C(=O)N1CCCSCC1CN1CCOCC1. The molecule has 2 fully saturated rings. The van der Waals surface area contributed by atoms with Crippen LogP contribution in [0.3, 0.4) is 0 Å². The van der Waals surface area contributed by atoms with Crippen molar-refractivity contribution in [1.82, 2.24) is 9.80 Å². The maximum absolute atomic E-state index is 13.1. The minimum Gasteiger partial charge on any atom is -0.481 e. The van der Waals surface area contributed by atoms with Crippen molar-refractivity contribution in [2.45, 2.75) is 25.5 Å². The zero-order valence-electron chi connectivity index (χ0n) is 14.9. The molecule has 0 saturated carbocycles. The number of ether oxygens (including phenoxy) is 2. The molecule has 2 aliphatic rings. The Kier molecular flexibility index (Phi) is 7.02. The molecule has 2 saturated heterocycles. The van der Waals surface area contributed by atoms with Crippen LogP contribution in [0.4, 0.5) is 0 Å². The highest BCUT2D eigenvalue weighted by atomic mass is 32.2. The van der Waals surface area contributed by atoms with Gasteiger partial charge in [0.15, 0.2) is 6.10 Å². The summed E-state index contributed by atoms with van der Waals surface area (Å²) in [5.41, 5.74) is 0. The zero-order chi connectivity index (χ0) is 17.5. The van der Waals surface area contributed by atoms with E-state index in [4.69, 9.17) is 9.47 Å². The number of morpholine rings is 1. The van der Waals surface area contributed by atoms with Gasteiger partial charge in [0.25, 0.3) is 5.91 Å². The van der Waals surface area contributed by atoms with Crippen LogP contribution >= 0.6 is 11.8 Å². The minimum atomic E-state index is -0.460. The average Bonchev–Trinajstić information content (AvgIpc) is 2.88. The van der Waals surface area contributed by atoms with Gasteiger partial charge in [-0.25, -0.2) is 0 Å². The van der Waals surface area contributed by atoms with Crippen LogP contribution in [-0.2, 0) is 9.53 Å². The first-order valence-corrected chi connectivity index (χ1v) is 10.3. The topological polar surface area (TPSA) is 42.0 Å². The third kappa shape index (κ3) is 5.36. The molecule has 0 spiro atoms. The lowest BCUT2D eigenvalue weighted by molar-refractivity contribution is -0.140. The summed E-state index contributed by atoms with van der Waals surface area (Å²) < 4.78 is 11.3. The molecule has 0 bridgehead atoms. The van der Waals surface area contributed by atoms with E-state index < -0.39 is 6.10 Å². The van der Waals surface area contributed by atoms with E-state index in [0.717, 1.165) is 63.1 Å². The smallest absolute Gasteiger partial charge is 0.263 e. The molecule has 0 aromatic heterocycles. The van der Waals surface area contributed by atoms with Crippen molar-refractivity contribution in [2.24, 2.45) is 0 Å². The molecule has 2 heterocycles. The summed E-state index contributed by atoms with van der Waals surface area (Å²) in [6.07, 6.45) is 0.589. The number of rotatable bonds is 5. The number of hydrogen-bond acceptors (Lipinski definition) is 5. The van der Waals surface area contributed by atoms with Crippen molar-refractivity contribution in [3.8, 4) is 5.75 Å². The summed E-state index contributed by atoms with van der Waals surface area (Å²) in [4.78, 5) is 17.5. The number of nitrogens with zero attached hydrogens (tertiary/aromatic N) is 2. The predicted octanol–water partition coefficient (Wildman–Crippen LogP) is 2.12. The minimum absolute atomic E-state index is 0.101. The highest BCUT2D eigenvalue weighted by Crippen LogP contribution is 2.20. The van der Waals surface area contributed by atoms with Crippen molar-refractivity contribution >= 4 is 17.7 Å². The van der Waals surface area contributed by atoms with Crippen molar-refractivity contribution < 1.29 is 14.3 Å². The van der Waals surface area contributed by atoms with Gasteiger partial charge in [0.1, 0.15) is 5.75 Å². The summed E-state index contributed by atoms with van der Waals surface area (Å²) in [5, 5.41) is 0. The zero-order valence-corrected chi connectivity index (χ0v) is 15.7. The molecule has 0 N–H and O–H groups in total. The van der Waals surface area contributed by atoms with Gasteiger partial charge < -0.3 is 14.4 Å². The van der Waals surface area contributed by atoms with E-state index in [0.29, 0.717) is 0 Å². The number of carbonyl (C=O) groups excluding carboxylic acids is 1. The fourth-order valence-corrected chi connectivity index (χ4v) is 4.40. The van der Waals surface area contributed by atoms with Gasteiger partial charge in [-0.05, 0) is 31.2 Å². The number of thioether (sulfide) groups is 1. The number of benzene rings is 1. The maximum atomic E-state index is 13.1. The number of hydrogen-bond donors (Lipinski definition) is 0. The molecule has 2 atom stereocenters. The van der Waals surface area contributed by atoms with Crippen molar-refractivity contribution in [1.29, 1.82) is 0 Å². The summed E-state index contributed by atoms with van der Waals surface area (Å²) in [6, 6.07) is 9.84. The number of para-hydroxylation sites is 1. The van der Waals surface area contributed by atoms with Crippen molar-refractivity contribution in [2.75, 3.05) is 50.9 Å². The van der Waals surface area contributed by atoms with Crippen LogP contribution in [0.25, 0.3) is 0 Å². The first kappa shape index (κ1) is 18.5. The lowest BCUT2D eigenvalue weighted by Crippen LogP contribution is -2.53. The highest BCUT2D eigenvalue weighted by Gasteiger charge is 2.31. The molecule has 1 aromatic rings. The predicted molar refractivity (Wildman–Crippen MR) is 101 cm³/mol. The molecule has 3 rings (SSSR count). The molecule has 25 heavy (non-hydrogen) atoms. The number of carbonyl (C=O) groups is 1. The lowest BCUT2D eigenvalue weighted by atomic mass is 10.2. The van der Waals surface area contributed by atoms with Gasteiger partial charge in [-0.3, -0.25) is 9.69 Å². The Morgan fingerprint density at radius 3 is 2.80 bits per heavy atom. The molecule has 0 radical (unpaired) electrons. The first-order valence-electron chi connectivity index (χ1n) is 9.14. The molecule has 138 valence electrons. The van der Waals surface area contributed by atoms with Crippen molar-refractivity contribution in [3.05, 3.63) is 30.3 Å². The molecule has 6 heteroatoms. The van der Waals surface area contributed by atoms with Gasteiger partial charge in [0.05, 0.1) is 19.3 Å². The van der Waals surface area contributed by atoms with E-state index in [1.165, 1.54) is 0 Å². The molecule has 2 unspecified atom stereocenters. The van der Waals surface area contributed by atoms with E-state index in [9.17, 15) is 4.79 Å². The summed E-state index contributed by atoms with van der Waals surface area (Å²) >= 11 is 1.96. The van der Waals surface area contributed by atoms with E-state index >= 15 is 0 Å². The van der Waals surface area contributed by atoms with Crippen LogP contribution in [0.15, 0.2) is 30.3 Å². The van der Waals surface area contributed by atoms with E-state index in [-0.39, 0.29) is 11.9 Å². The summed E-state index contributed by atoms with van der Waals surface area (Å²) in [5.74, 6) is 2.97. The van der Waals surface area contributed by atoms with Gasteiger partial charge in [0.2, 0.25) is 0 Å². The summed E-state index contributed by atoms with van der Waals surface area (Å²) in [6.45, 7) is 7.11. The van der Waals surface area contributed by atoms with E-state index in [1.807, 2.05) is 49.0 Å². The molecular formula is C19H28N2O3S. The Balaban J connectivity index is 1.63. The quantitative estimate of drug-likeness (QED) is 0.801. The molecule has 1 amide bonds. The number of amides is 1. The second-order valence-corrected chi connectivity index (χ2v) is 7.75. The van der Waals surface area contributed by atoms with Crippen LogP contribution < -0.4 is 4.74 Å². The molecular weight excluding hydrogens is 336 g/mol. The van der Waals surface area contributed by atoms with Gasteiger partial charge in [-0.15, -0.1) is 0 Å². The Hall–Kier alpha value is -1.24. The van der Waals surface area contributed by atoms with Gasteiger partial charge in [-0.1, -0.05) is 18.2 Å². The van der Waals surface area contributed by atoms with Crippen LogP contribution in [0.5, 0.6) is 5.75 Å². The van der Waals surface area contributed by atoms with Gasteiger partial charge >= 0.3 is 0 Å². The van der Waals surface area contributed by atoms with Crippen LogP contribution in [0.2, 0.25) is 0 Å². The third-order valence-electron chi connectivity index (χ3n) is 4.70. The fourth-order valence-electron chi connectivity index (χ4n) is 3.34.